The Balaban J connectivity index is 2.10. The van der Waals surface area contributed by atoms with Crippen molar-refractivity contribution in [1.82, 2.24) is 4.90 Å². The standard InChI is InChI=1S/C13H18ClNO/c1-9-6-15(7-10(9)2)8-11-12(14)4-3-5-13(11)16/h3-5,9-10,16H,6-8H2,1-2H3. The topological polar surface area (TPSA) is 23.5 Å². The Bertz CT molecular complexity index is 350. The number of phenolic OH excluding ortho intramolecular Hbond substituents is 1. The van der Waals surface area contributed by atoms with Crippen molar-refractivity contribution in [3.05, 3.63) is 28.8 Å². The first-order valence-corrected chi connectivity index (χ1v) is 6.14. The van der Waals surface area contributed by atoms with E-state index in [4.69, 9.17) is 11.6 Å². The second-order valence-electron chi connectivity index (χ2n) is 4.89. The summed E-state index contributed by atoms with van der Waals surface area (Å²) in [5.74, 6) is 1.76. The molecule has 0 bridgehead atoms. The van der Waals surface area contributed by atoms with Crippen LogP contribution in [0.25, 0.3) is 0 Å². The second kappa shape index (κ2) is 4.64. The normalized spacial score (nSPS) is 26.2. The van der Waals surface area contributed by atoms with Gasteiger partial charge in [0.15, 0.2) is 0 Å². The van der Waals surface area contributed by atoms with Gasteiger partial charge in [0, 0.05) is 30.2 Å². The third kappa shape index (κ3) is 2.33. The molecule has 1 aromatic rings. The molecule has 0 saturated carbocycles. The van der Waals surface area contributed by atoms with Gasteiger partial charge in [0.1, 0.15) is 5.75 Å². The third-order valence-electron chi connectivity index (χ3n) is 3.54. The first kappa shape index (κ1) is 11.7. The van der Waals surface area contributed by atoms with Crippen molar-refractivity contribution < 1.29 is 5.11 Å². The fourth-order valence-electron chi connectivity index (χ4n) is 2.31. The maximum absolute atomic E-state index is 9.77. The third-order valence-corrected chi connectivity index (χ3v) is 3.89. The van der Waals surface area contributed by atoms with Gasteiger partial charge in [0.25, 0.3) is 0 Å². The van der Waals surface area contributed by atoms with Crippen molar-refractivity contribution >= 4 is 11.6 Å². The number of likely N-dealkylation sites (tertiary alicyclic amines) is 1. The summed E-state index contributed by atoms with van der Waals surface area (Å²) in [6.07, 6.45) is 0. The van der Waals surface area contributed by atoms with E-state index in [2.05, 4.69) is 18.7 Å². The molecule has 88 valence electrons. The Kier molecular flexibility index (Phi) is 3.41. The van der Waals surface area contributed by atoms with Crippen molar-refractivity contribution in [3.8, 4) is 5.75 Å². The van der Waals surface area contributed by atoms with E-state index >= 15 is 0 Å². The first-order valence-electron chi connectivity index (χ1n) is 5.76. The fraction of sp³-hybridized carbons (Fsp3) is 0.538. The molecule has 0 aliphatic carbocycles. The Morgan fingerprint density at radius 1 is 1.31 bits per heavy atom. The average molecular weight is 240 g/mol. The van der Waals surface area contributed by atoms with Gasteiger partial charge >= 0.3 is 0 Å². The molecule has 2 rings (SSSR count). The molecule has 0 amide bonds. The lowest BCUT2D eigenvalue weighted by Crippen LogP contribution is -2.20. The van der Waals surface area contributed by atoms with Crippen LogP contribution in [-0.2, 0) is 6.54 Å². The Labute approximate surface area is 102 Å². The van der Waals surface area contributed by atoms with Gasteiger partial charge in [-0.3, -0.25) is 4.90 Å². The van der Waals surface area contributed by atoms with Crippen LogP contribution in [0.1, 0.15) is 19.4 Å². The predicted molar refractivity (Wildman–Crippen MR) is 66.7 cm³/mol. The summed E-state index contributed by atoms with van der Waals surface area (Å²) < 4.78 is 0. The van der Waals surface area contributed by atoms with Gasteiger partial charge in [0.05, 0.1) is 0 Å². The average Bonchev–Trinajstić information content (AvgIpc) is 2.53. The summed E-state index contributed by atoms with van der Waals surface area (Å²) in [5.41, 5.74) is 0.852. The molecule has 3 heteroatoms. The zero-order chi connectivity index (χ0) is 11.7. The van der Waals surface area contributed by atoms with Gasteiger partial charge in [0.2, 0.25) is 0 Å². The van der Waals surface area contributed by atoms with Crippen molar-refractivity contribution in [2.75, 3.05) is 13.1 Å². The lowest BCUT2D eigenvalue weighted by molar-refractivity contribution is 0.310. The maximum Gasteiger partial charge on any atom is 0.121 e. The molecule has 0 spiro atoms. The highest BCUT2D eigenvalue weighted by molar-refractivity contribution is 6.31. The van der Waals surface area contributed by atoms with E-state index in [1.807, 2.05) is 6.07 Å². The number of phenols is 1. The molecule has 1 fully saturated rings. The van der Waals surface area contributed by atoms with E-state index in [0.717, 1.165) is 37.0 Å². The van der Waals surface area contributed by atoms with Crippen molar-refractivity contribution in [1.29, 1.82) is 0 Å². The number of nitrogens with zero attached hydrogens (tertiary/aromatic N) is 1. The highest BCUT2D eigenvalue weighted by Crippen LogP contribution is 2.30. The molecule has 0 radical (unpaired) electrons. The molecule has 0 aromatic heterocycles. The van der Waals surface area contributed by atoms with Crippen LogP contribution in [0.2, 0.25) is 5.02 Å². The Hall–Kier alpha value is -0.730. The van der Waals surface area contributed by atoms with Crippen LogP contribution in [0.15, 0.2) is 18.2 Å². The highest BCUT2D eigenvalue weighted by Gasteiger charge is 2.26. The summed E-state index contributed by atoms with van der Waals surface area (Å²) >= 11 is 6.09. The molecule has 1 aliphatic heterocycles. The molecule has 1 aromatic carbocycles. The van der Waals surface area contributed by atoms with E-state index < -0.39 is 0 Å². The lowest BCUT2D eigenvalue weighted by Gasteiger charge is -2.17. The van der Waals surface area contributed by atoms with Crippen LogP contribution in [-0.4, -0.2) is 23.1 Å². The Morgan fingerprint density at radius 3 is 2.50 bits per heavy atom. The number of benzene rings is 1. The van der Waals surface area contributed by atoms with E-state index in [1.165, 1.54) is 0 Å². The molecule has 16 heavy (non-hydrogen) atoms. The SMILES string of the molecule is CC1CN(Cc2c(O)cccc2Cl)CC1C. The number of hydrogen-bond donors (Lipinski definition) is 1. The summed E-state index contributed by atoms with van der Waals surface area (Å²) in [6, 6.07) is 5.31. The van der Waals surface area contributed by atoms with Crippen LogP contribution in [0.5, 0.6) is 5.75 Å². The van der Waals surface area contributed by atoms with E-state index in [0.29, 0.717) is 10.8 Å². The fourth-order valence-corrected chi connectivity index (χ4v) is 2.53. The monoisotopic (exact) mass is 239 g/mol. The minimum absolute atomic E-state index is 0.305. The molecule has 2 unspecified atom stereocenters. The Morgan fingerprint density at radius 2 is 1.94 bits per heavy atom. The summed E-state index contributed by atoms with van der Waals surface area (Å²) in [7, 11) is 0. The number of hydrogen-bond acceptors (Lipinski definition) is 2. The van der Waals surface area contributed by atoms with Crippen molar-refractivity contribution in [2.45, 2.75) is 20.4 Å². The molecular weight excluding hydrogens is 222 g/mol. The van der Waals surface area contributed by atoms with Gasteiger partial charge in [-0.15, -0.1) is 0 Å². The van der Waals surface area contributed by atoms with Crippen LogP contribution in [0, 0.1) is 11.8 Å². The van der Waals surface area contributed by atoms with E-state index in [9.17, 15) is 5.11 Å². The lowest BCUT2D eigenvalue weighted by atomic mass is 10.0. The van der Waals surface area contributed by atoms with Gasteiger partial charge in [-0.2, -0.15) is 0 Å². The molecule has 2 nitrogen and oxygen atoms in total. The van der Waals surface area contributed by atoms with Gasteiger partial charge < -0.3 is 5.11 Å². The number of rotatable bonds is 2. The van der Waals surface area contributed by atoms with Crippen LogP contribution in [0.3, 0.4) is 0 Å². The maximum atomic E-state index is 9.77. The summed E-state index contributed by atoms with van der Waals surface area (Å²) in [4.78, 5) is 2.36. The molecule has 1 N–H and O–H groups in total. The van der Waals surface area contributed by atoms with Gasteiger partial charge in [-0.1, -0.05) is 31.5 Å². The van der Waals surface area contributed by atoms with Crippen LogP contribution < -0.4 is 0 Å². The highest BCUT2D eigenvalue weighted by atomic mass is 35.5. The van der Waals surface area contributed by atoms with Gasteiger partial charge in [-0.05, 0) is 24.0 Å². The minimum atomic E-state index is 0.305. The van der Waals surface area contributed by atoms with Crippen molar-refractivity contribution in [2.24, 2.45) is 11.8 Å². The predicted octanol–water partition coefficient (Wildman–Crippen LogP) is 3.13. The zero-order valence-electron chi connectivity index (χ0n) is 9.78. The quantitative estimate of drug-likeness (QED) is 0.857. The summed E-state index contributed by atoms with van der Waals surface area (Å²) in [6.45, 7) is 7.48. The first-order chi connectivity index (χ1) is 7.58. The van der Waals surface area contributed by atoms with Crippen molar-refractivity contribution in [3.63, 3.8) is 0 Å². The van der Waals surface area contributed by atoms with Gasteiger partial charge in [-0.25, -0.2) is 0 Å². The zero-order valence-corrected chi connectivity index (χ0v) is 10.5. The van der Waals surface area contributed by atoms with Crippen LogP contribution >= 0.6 is 11.6 Å². The molecule has 2 atom stereocenters. The summed E-state index contributed by atoms with van der Waals surface area (Å²) in [5, 5.41) is 10.4. The minimum Gasteiger partial charge on any atom is -0.508 e. The van der Waals surface area contributed by atoms with E-state index in [1.54, 1.807) is 12.1 Å². The molecule has 1 heterocycles. The van der Waals surface area contributed by atoms with Crippen LogP contribution in [0.4, 0.5) is 0 Å². The molecule has 1 aliphatic rings. The largest absolute Gasteiger partial charge is 0.508 e. The smallest absolute Gasteiger partial charge is 0.121 e. The van der Waals surface area contributed by atoms with E-state index in [-0.39, 0.29) is 0 Å². The molecule has 1 saturated heterocycles. The second-order valence-corrected chi connectivity index (χ2v) is 5.29. The number of halogens is 1. The molecular formula is C13H18ClNO. The number of aromatic hydroxyl groups is 1.